The van der Waals surface area contributed by atoms with E-state index in [1.54, 1.807) is 0 Å². The molecule has 2 unspecified atom stereocenters. The van der Waals surface area contributed by atoms with Crippen LogP contribution in [0.15, 0.2) is 18.2 Å². The standard InChI is InChI=1S/C16H19NO3/c17-9-13-4-2-1-3-5-14(13)18-10-12-6-7-15-16(8-12)20-11-19-15/h6-8,13-14H,1-5,10-11H2. The first-order valence-corrected chi connectivity index (χ1v) is 7.26. The van der Waals surface area contributed by atoms with Crippen LogP contribution in [-0.4, -0.2) is 12.9 Å². The number of hydrogen-bond acceptors (Lipinski definition) is 4. The lowest BCUT2D eigenvalue weighted by Gasteiger charge is -2.20. The number of nitriles is 1. The lowest BCUT2D eigenvalue weighted by Crippen LogP contribution is -2.21. The summed E-state index contributed by atoms with van der Waals surface area (Å²) in [5.41, 5.74) is 1.06. The van der Waals surface area contributed by atoms with E-state index in [-0.39, 0.29) is 12.0 Å². The van der Waals surface area contributed by atoms with Crippen LogP contribution in [0.25, 0.3) is 0 Å². The molecule has 0 bridgehead atoms. The van der Waals surface area contributed by atoms with Gasteiger partial charge in [0.15, 0.2) is 11.5 Å². The van der Waals surface area contributed by atoms with Gasteiger partial charge in [0.05, 0.1) is 24.7 Å². The summed E-state index contributed by atoms with van der Waals surface area (Å²) in [6.45, 7) is 0.818. The van der Waals surface area contributed by atoms with Crippen molar-refractivity contribution in [3.8, 4) is 17.6 Å². The van der Waals surface area contributed by atoms with Crippen molar-refractivity contribution in [3.63, 3.8) is 0 Å². The molecule has 1 aromatic rings. The third-order valence-corrected chi connectivity index (χ3v) is 4.02. The normalized spacial score (nSPS) is 24.9. The Morgan fingerprint density at radius 1 is 1.15 bits per heavy atom. The second-order valence-corrected chi connectivity index (χ2v) is 5.41. The molecule has 4 nitrogen and oxygen atoms in total. The molecule has 1 aliphatic heterocycles. The number of nitrogens with zero attached hydrogens (tertiary/aromatic N) is 1. The lowest BCUT2D eigenvalue weighted by molar-refractivity contribution is 0.0115. The summed E-state index contributed by atoms with van der Waals surface area (Å²) in [7, 11) is 0. The summed E-state index contributed by atoms with van der Waals surface area (Å²) in [6.07, 6.45) is 5.52. The third-order valence-electron chi connectivity index (χ3n) is 4.02. The molecule has 1 aliphatic carbocycles. The van der Waals surface area contributed by atoms with Crippen molar-refractivity contribution in [1.82, 2.24) is 0 Å². The second-order valence-electron chi connectivity index (χ2n) is 5.41. The first-order valence-electron chi connectivity index (χ1n) is 7.26. The maximum absolute atomic E-state index is 9.24. The van der Waals surface area contributed by atoms with Gasteiger partial charge in [-0.05, 0) is 30.5 Å². The fourth-order valence-corrected chi connectivity index (χ4v) is 2.85. The monoisotopic (exact) mass is 273 g/mol. The van der Waals surface area contributed by atoms with Gasteiger partial charge in [0, 0.05) is 0 Å². The first kappa shape index (κ1) is 13.3. The van der Waals surface area contributed by atoms with Crippen LogP contribution in [0.2, 0.25) is 0 Å². The maximum Gasteiger partial charge on any atom is 0.231 e. The maximum atomic E-state index is 9.24. The molecular weight excluding hydrogens is 254 g/mol. The Kier molecular flexibility index (Phi) is 4.08. The smallest absolute Gasteiger partial charge is 0.231 e. The van der Waals surface area contributed by atoms with Gasteiger partial charge in [-0.2, -0.15) is 5.26 Å². The van der Waals surface area contributed by atoms with Crippen LogP contribution in [0.5, 0.6) is 11.5 Å². The van der Waals surface area contributed by atoms with E-state index < -0.39 is 0 Å². The van der Waals surface area contributed by atoms with Crippen molar-refractivity contribution in [3.05, 3.63) is 23.8 Å². The Bertz CT molecular complexity index is 509. The fourth-order valence-electron chi connectivity index (χ4n) is 2.85. The van der Waals surface area contributed by atoms with Crippen molar-refractivity contribution in [2.75, 3.05) is 6.79 Å². The molecule has 0 N–H and O–H groups in total. The zero-order chi connectivity index (χ0) is 13.8. The highest BCUT2D eigenvalue weighted by molar-refractivity contribution is 5.44. The fraction of sp³-hybridized carbons (Fsp3) is 0.562. The molecule has 3 rings (SSSR count). The van der Waals surface area contributed by atoms with E-state index in [2.05, 4.69) is 6.07 Å². The first-order chi connectivity index (χ1) is 9.86. The largest absolute Gasteiger partial charge is 0.454 e. The average molecular weight is 273 g/mol. The Labute approximate surface area is 119 Å². The predicted octanol–water partition coefficient (Wildman–Crippen LogP) is 3.40. The highest BCUT2D eigenvalue weighted by atomic mass is 16.7. The van der Waals surface area contributed by atoms with E-state index >= 15 is 0 Å². The van der Waals surface area contributed by atoms with Gasteiger partial charge in [-0.25, -0.2) is 0 Å². The zero-order valence-corrected chi connectivity index (χ0v) is 11.5. The minimum absolute atomic E-state index is 0.0338. The second kappa shape index (κ2) is 6.15. The third kappa shape index (κ3) is 2.88. The van der Waals surface area contributed by atoms with Crippen LogP contribution in [0.1, 0.15) is 37.7 Å². The number of benzene rings is 1. The van der Waals surface area contributed by atoms with Gasteiger partial charge in [-0.15, -0.1) is 0 Å². The summed E-state index contributed by atoms with van der Waals surface area (Å²) < 4.78 is 16.6. The molecular formula is C16H19NO3. The van der Waals surface area contributed by atoms with Crippen molar-refractivity contribution < 1.29 is 14.2 Å². The number of fused-ring (bicyclic) bond motifs is 1. The van der Waals surface area contributed by atoms with Gasteiger partial charge in [0.2, 0.25) is 6.79 Å². The molecule has 1 saturated carbocycles. The predicted molar refractivity (Wildman–Crippen MR) is 73.3 cm³/mol. The highest BCUT2D eigenvalue weighted by Gasteiger charge is 2.24. The van der Waals surface area contributed by atoms with Crippen LogP contribution < -0.4 is 9.47 Å². The van der Waals surface area contributed by atoms with E-state index in [1.165, 1.54) is 6.42 Å². The Morgan fingerprint density at radius 2 is 2.00 bits per heavy atom. The van der Waals surface area contributed by atoms with Crippen molar-refractivity contribution in [1.29, 1.82) is 5.26 Å². The van der Waals surface area contributed by atoms with Gasteiger partial charge in [-0.3, -0.25) is 0 Å². The molecule has 0 radical (unpaired) electrons. The highest BCUT2D eigenvalue weighted by Crippen LogP contribution is 2.33. The quantitative estimate of drug-likeness (QED) is 0.792. The molecule has 0 spiro atoms. The Hall–Kier alpha value is -1.73. The van der Waals surface area contributed by atoms with Gasteiger partial charge in [-0.1, -0.05) is 25.3 Å². The number of ether oxygens (including phenoxy) is 3. The lowest BCUT2D eigenvalue weighted by atomic mass is 9.99. The average Bonchev–Trinajstić information content (AvgIpc) is 2.82. The van der Waals surface area contributed by atoms with Gasteiger partial charge < -0.3 is 14.2 Å². The van der Waals surface area contributed by atoms with Crippen molar-refractivity contribution in [2.24, 2.45) is 5.92 Å². The molecule has 0 saturated heterocycles. The number of hydrogen-bond donors (Lipinski definition) is 0. The van der Waals surface area contributed by atoms with Gasteiger partial charge in [0.1, 0.15) is 0 Å². The van der Waals surface area contributed by atoms with Crippen LogP contribution >= 0.6 is 0 Å². The molecule has 2 atom stereocenters. The van der Waals surface area contributed by atoms with Crippen LogP contribution in [0.3, 0.4) is 0 Å². The van der Waals surface area contributed by atoms with Crippen molar-refractivity contribution >= 4 is 0 Å². The van der Waals surface area contributed by atoms with Crippen molar-refractivity contribution in [2.45, 2.75) is 44.8 Å². The zero-order valence-electron chi connectivity index (χ0n) is 11.5. The summed E-state index contributed by atoms with van der Waals surface area (Å²) in [5.74, 6) is 1.61. The SMILES string of the molecule is N#CC1CCCCCC1OCc1ccc2c(c1)OCO2. The summed E-state index contributed by atoms with van der Waals surface area (Å²) in [5, 5.41) is 9.24. The van der Waals surface area contributed by atoms with E-state index in [9.17, 15) is 5.26 Å². The molecule has 4 heteroatoms. The Morgan fingerprint density at radius 3 is 2.90 bits per heavy atom. The van der Waals surface area contributed by atoms with E-state index in [0.29, 0.717) is 13.4 Å². The molecule has 106 valence electrons. The van der Waals surface area contributed by atoms with Crippen LogP contribution in [0, 0.1) is 17.2 Å². The Balaban J connectivity index is 1.62. The molecule has 1 aromatic carbocycles. The molecule has 20 heavy (non-hydrogen) atoms. The molecule has 0 amide bonds. The minimum Gasteiger partial charge on any atom is -0.454 e. The molecule has 1 fully saturated rings. The molecule has 1 heterocycles. The molecule has 0 aromatic heterocycles. The minimum atomic E-state index is 0.0338. The summed E-state index contributed by atoms with van der Waals surface area (Å²) in [6, 6.07) is 8.27. The molecule has 2 aliphatic rings. The topological polar surface area (TPSA) is 51.5 Å². The van der Waals surface area contributed by atoms with Crippen LogP contribution in [-0.2, 0) is 11.3 Å². The van der Waals surface area contributed by atoms with E-state index in [1.807, 2.05) is 18.2 Å². The number of rotatable bonds is 3. The van der Waals surface area contributed by atoms with Gasteiger partial charge >= 0.3 is 0 Å². The van der Waals surface area contributed by atoms with Gasteiger partial charge in [0.25, 0.3) is 0 Å². The summed E-state index contributed by atoms with van der Waals surface area (Å²) >= 11 is 0. The van der Waals surface area contributed by atoms with E-state index in [4.69, 9.17) is 14.2 Å². The summed E-state index contributed by atoms with van der Waals surface area (Å²) in [4.78, 5) is 0. The van der Waals surface area contributed by atoms with Crippen LogP contribution in [0.4, 0.5) is 0 Å². The van der Waals surface area contributed by atoms with E-state index in [0.717, 1.165) is 42.7 Å².